The SMILES string of the molecule is c1cc2c3c(c1)Oc1ccc(-c4ccncc4)cc1B3c1cc(-c3ccncc3)ccc1O2. The Balaban J connectivity index is 1.46. The van der Waals surface area contributed by atoms with E-state index in [0.29, 0.717) is 0 Å². The second kappa shape index (κ2) is 7.07. The minimum atomic E-state index is 0.0206. The summed E-state index contributed by atoms with van der Waals surface area (Å²) in [5.41, 5.74) is 7.89. The fourth-order valence-electron chi connectivity index (χ4n) is 4.88. The van der Waals surface area contributed by atoms with Crippen LogP contribution in [0.1, 0.15) is 0 Å². The highest BCUT2D eigenvalue weighted by Gasteiger charge is 2.40. The molecular weight excluding hydrogens is 407 g/mol. The quantitative estimate of drug-likeness (QED) is 0.383. The minimum Gasteiger partial charge on any atom is -0.458 e. The molecule has 0 aliphatic carbocycles. The van der Waals surface area contributed by atoms with E-state index in [1.807, 2.05) is 67.3 Å². The van der Waals surface area contributed by atoms with E-state index < -0.39 is 0 Å². The minimum absolute atomic E-state index is 0.0206. The van der Waals surface area contributed by atoms with Crippen molar-refractivity contribution in [2.45, 2.75) is 0 Å². The van der Waals surface area contributed by atoms with Gasteiger partial charge >= 0.3 is 0 Å². The van der Waals surface area contributed by atoms with Crippen LogP contribution in [0, 0.1) is 0 Å². The molecule has 0 saturated heterocycles. The molecule has 0 bridgehead atoms. The van der Waals surface area contributed by atoms with Gasteiger partial charge in [-0.05, 0) is 81.7 Å². The smallest absolute Gasteiger partial charge is 0.260 e. The number of hydrogen-bond acceptors (Lipinski definition) is 4. The Hall–Kier alpha value is -4.38. The summed E-state index contributed by atoms with van der Waals surface area (Å²) >= 11 is 0. The van der Waals surface area contributed by atoms with Gasteiger partial charge in [0.25, 0.3) is 6.71 Å². The largest absolute Gasteiger partial charge is 0.458 e. The maximum Gasteiger partial charge on any atom is 0.260 e. The summed E-state index contributed by atoms with van der Waals surface area (Å²) in [6.07, 6.45) is 7.29. The molecule has 0 fully saturated rings. The monoisotopic (exact) mass is 424 g/mol. The van der Waals surface area contributed by atoms with Crippen molar-refractivity contribution < 1.29 is 9.47 Å². The van der Waals surface area contributed by atoms with Crippen LogP contribution in [0.15, 0.2) is 104 Å². The Morgan fingerprint density at radius 3 is 1.45 bits per heavy atom. The third-order valence-electron chi connectivity index (χ3n) is 6.42. The molecule has 2 aliphatic rings. The number of hydrogen-bond donors (Lipinski definition) is 0. The van der Waals surface area contributed by atoms with Crippen LogP contribution in [0.25, 0.3) is 22.3 Å². The second-order valence-corrected chi connectivity index (χ2v) is 8.28. The summed E-state index contributed by atoms with van der Waals surface area (Å²) in [6, 6.07) is 27.0. The van der Waals surface area contributed by atoms with Gasteiger partial charge in [0, 0.05) is 30.3 Å². The van der Waals surface area contributed by atoms with E-state index in [9.17, 15) is 0 Å². The lowest BCUT2D eigenvalue weighted by Gasteiger charge is -2.33. The first kappa shape index (κ1) is 18.2. The highest BCUT2D eigenvalue weighted by molar-refractivity contribution is 6.98. The molecule has 0 N–H and O–H groups in total. The van der Waals surface area contributed by atoms with Crippen LogP contribution in [0.4, 0.5) is 0 Å². The Bertz CT molecular complexity index is 1410. The summed E-state index contributed by atoms with van der Waals surface area (Å²) in [4.78, 5) is 8.33. The van der Waals surface area contributed by atoms with Crippen molar-refractivity contribution in [2.24, 2.45) is 0 Å². The highest BCUT2D eigenvalue weighted by atomic mass is 16.5. The Labute approximate surface area is 191 Å². The molecule has 154 valence electrons. The summed E-state index contributed by atoms with van der Waals surface area (Å²) < 4.78 is 12.7. The van der Waals surface area contributed by atoms with Crippen LogP contribution in [0.2, 0.25) is 0 Å². The van der Waals surface area contributed by atoms with Gasteiger partial charge in [-0.3, -0.25) is 9.97 Å². The van der Waals surface area contributed by atoms with Crippen molar-refractivity contribution in [3.05, 3.63) is 104 Å². The van der Waals surface area contributed by atoms with Crippen molar-refractivity contribution in [3.8, 4) is 45.3 Å². The molecule has 2 aliphatic heterocycles. The van der Waals surface area contributed by atoms with Gasteiger partial charge < -0.3 is 9.47 Å². The average molecular weight is 424 g/mol. The molecule has 0 spiro atoms. The molecule has 5 aromatic rings. The molecule has 0 unspecified atom stereocenters. The Morgan fingerprint density at radius 1 is 0.485 bits per heavy atom. The topological polar surface area (TPSA) is 44.2 Å². The molecule has 2 aromatic heterocycles. The van der Waals surface area contributed by atoms with Crippen LogP contribution < -0.4 is 25.9 Å². The van der Waals surface area contributed by atoms with E-state index in [-0.39, 0.29) is 6.71 Å². The van der Waals surface area contributed by atoms with Crippen LogP contribution >= 0.6 is 0 Å². The van der Waals surface area contributed by atoms with Crippen molar-refractivity contribution in [3.63, 3.8) is 0 Å². The van der Waals surface area contributed by atoms with Crippen LogP contribution in [0.5, 0.6) is 23.0 Å². The molecule has 3 aromatic carbocycles. The summed E-state index contributed by atoms with van der Waals surface area (Å²) in [6.45, 7) is 0.0206. The lowest BCUT2D eigenvalue weighted by molar-refractivity contribution is 0.464. The predicted octanol–water partition coefficient (Wildman–Crippen LogP) is 4.54. The number of ether oxygens (including phenoxy) is 2. The Kier molecular flexibility index (Phi) is 3.90. The zero-order valence-corrected chi connectivity index (χ0v) is 17.6. The van der Waals surface area contributed by atoms with Crippen molar-refractivity contribution in [2.75, 3.05) is 0 Å². The number of benzene rings is 3. The molecule has 4 nitrogen and oxygen atoms in total. The maximum absolute atomic E-state index is 6.34. The van der Waals surface area contributed by atoms with Gasteiger partial charge in [-0.2, -0.15) is 0 Å². The molecular formula is C28H17BN2O2. The lowest BCUT2D eigenvalue weighted by Crippen LogP contribution is -2.57. The van der Waals surface area contributed by atoms with Gasteiger partial charge in [0.2, 0.25) is 0 Å². The van der Waals surface area contributed by atoms with Gasteiger partial charge in [0.05, 0.1) is 0 Å². The lowest BCUT2D eigenvalue weighted by atomic mass is 9.34. The summed E-state index contributed by atoms with van der Waals surface area (Å²) in [5.74, 6) is 3.46. The number of fused-ring (bicyclic) bond motifs is 4. The van der Waals surface area contributed by atoms with Crippen molar-refractivity contribution in [1.29, 1.82) is 0 Å². The van der Waals surface area contributed by atoms with Crippen LogP contribution in [-0.2, 0) is 0 Å². The fraction of sp³-hybridized carbons (Fsp3) is 0. The van der Waals surface area contributed by atoms with E-state index >= 15 is 0 Å². The van der Waals surface area contributed by atoms with Gasteiger partial charge in [0.15, 0.2) is 0 Å². The standard InChI is InChI=1S/C28H17BN2O2/c1-2-26-28-27(3-1)33-25-7-5-21(19-10-14-31-15-11-19)17-23(25)29(28)22-16-20(4-6-24(22)32-26)18-8-12-30-13-9-18/h1-17H. The van der Waals surface area contributed by atoms with Crippen LogP contribution in [-0.4, -0.2) is 16.7 Å². The zero-order chi connectivity index (χ0) is 21.8. The zero-order valence-electron chi connectivity index (χ0n) is 17.6. The molecule has 0 saturated carbocycles. The number of pyridine rings is 2. The molecule has 5 heteroatoms. The second-order valence-electron chi connectivity index (χ2n) is 8.28. The van der Waals surface area contributed by atoms with Gasteiger partial charge in [-0.25, -0.2) is 0 Å². The first-order valence-corrected chi connectivity index (χ1v) is 10.9. The third-order valence-corrected chi connectivity index (χ3v) is 6.42. The molecule has 0 amide bonds. The van der Waals surface area contributed by atoms with E-state index in [2.05, 4.69) is 46.4 Å². The number of aromatic nitrogens is 2. The van der Waals surface area contributed by atoms with Gasteiger partial charge in [-0.15, -0.1) is 0 Å². The molecule has 4 heterocycles. The Morgan fingerprint density at radius 2 is 0.970 bits per heavy atom. The maximum atomic E-state index is 6.34. The summed E-state index contributed by atoms with van der Waals surface area (Å²) in [7, 11) is 0. The first-order valence-electron chi connectivity index (χ1n) is 10.9. The molecule has 0 atom stereocenters. The summed E-state index contributed by atoms with van der Waals surface area (Å²) in [5, 5.41) is 0. The molecule has 7 rings (SSSR count). The fourth-order valence-corrected chi connectivity index (χ4v) is 4.88. The van der Waals surface area contributed by atoms with Crippen molar-refractivity contribution in [1.82, 2.24) is 9.97 Å². The third kappa shape index (κ3) is 2.86. The predicted molar refractivity (Wildman–Crippen MR) is 131 cm³/mol. The van der Waals surface area contributed by atoms with Gasteiger partial charge in [-0.1, -0.05) is 30.3 Å². The average Bonchev–Trinajstić information content (AvgIpc) is 2.89. The highest BCUT2D eigenvalue weighted by Crippen LogP contribution is 2.36. The molecule has 33 heavy (non-hydrogen) atoms. The van der Waals surface area contributed by atoms with Crippen LogP contribution in [0.3, 0.4) is 0 Å². The van der Waals surface area contributed by atoms with Gasteiger partial charge in [0.1, 0.15) is 23.0 Å². The number of rotatable bonds is 2. The van der Waals surface area contributed by atoms with E-state index in [1.54, 1.807) is 0 Å². The van der Waals surface area contributed by atoms with E-state index in [0.717, 1.165) is 61.6 Å². The first-order chi connectivity index (χ1) is 16.3. The number of nitrogens with zero attached hydrogens (tertiary/aromatic N) is 2. The normalized spacial score (nSPS) is 12.7. The van der Waals surface area contributed by atoms with E-state index in [1.165, 1.54) is 0 Å². The van der Waals surface area contributed by atoms with Crippen molar-refractivity contribution >= 4 is 23.1 Å². The molecule has 0 radical (unpaired) electrons. The van der Waals surface area contributed by atoms with E-state index in [4.69, 9.17) is 9.47 Å².